The normalized spacial score (nSPS) is 11.1. The summed E-state index contributed by atoms with van der Waals surface area (Å²) in [6.07, 6.45) is 1.35. The van der Waals surface area contributed by atoms with Crippen LogP contribution in [0.4, 0.5) is 11.5 Å². The van der Waals surface area contributed by atoms with Crippen LogP contribution in [0.3, 0.4) is 0 Å². The molecule has 0 radical (unpaired) electrons. The summed E-state index contributed by atoms with van der Waals surface area (Å²) in [5.74, 6) is -0.198. The minimum absolute atomic E-state index is 0.0138. The third-order valence-corrected chi connectivity index (χ3v) is 1.96. The summed E-state index contributed by atoms with van der Waals surface area (Å²) in [6, 6.07) is 0. The summed E-state index contributed by atoms with van der Waals surface area (Å²) in [7, 11) is 0. The molecule has 7 nitrogen and oxygen atoms in total. The van der Waals surface area contributed by atoms with Gasteiger partial charge in [0, 0.05) is 12.0 Å². The molecule has 0 spiro atoms. The number of amides is 1. The van der Waals surface area contributed by atoms with Gasteiger partial charge in [-0.3, -0.25) is 9.59 Å². The second-order valence-corrected chi connectivity index (χ2v) is 4.15. The molecule has 1 amide bonds. The zero-order chi connectivity index (χ0) is 12.3. The number of H-pyrrole nitrogens is 1. The molecule has 0 aliphatic heterocycles. The molecule has 0 atom stereocenters. The first kappa shape index (κ1) is 12.0. The lowest BCUT2D eigenvalue weighted by atomic mass is 10.0. The van der Waals surface area contributed by atoms with E-state index in [0.717, 1.165) is 0 Å². The van der Waals surface area contributed by atoms with Crippen molar-refractivity contribution in [2.24, 2.45) is 5.73 Å². The van der Waals surface area contributed by atoms with Crippen LogP contribution < -0.4 is 22.3 Å². The van der Waals surface area contributed by atoms with E-state index in [-0.39, 0.29) is 17.9 Å². The summed E-state index contributed by atoms with van der Waals surface area (Å²) in [4.78, 5) is 28.2. The van der Waals surface area contributed by atoms with Gasteiger partial charge in [-0.2, -0.15) is 0 Å². The van der Waals surface area contributed by atoms with Crippen LogP contribution in [0.25, 0.3) is 0 Å². The molecule has 0 aliphatic carbocycles. The number of carbonyl (C=O) groups is 1. The van der Waals surface area contributed by atoms with E-state index in [1.54, 1.807) is 13.8 Å². The molecular formula is C9H15N5O2. The summed E-state index contributed by atoms with van der Waals surface area (Å²) in [5.41, 5.74) is 9.59. The fraction of sp³-hybridized carbons (Fsp3) is 0.444. The molecule has 16 heavy (non-hydrogen) atoms. The Balaban J connectivity index is 2.92. The number of nitrogen functional groups attached to an aromatic ring is 1. The Morgan fingerprint density at radius 1 is 1.62 bits per heavy atom. The number of aromatic amines is 1. The first-order valence-corrected chi connectivity index (χ1v) is 4.71. The molecule has 0 aliphatic rings. The molecule has 7 heteroatoms. The quantitative estimate of drug-likeness (QED) is 0.545. The van der Waals surface area contributed by atoms with Crippen molar-refractivity contribution < 1.29 is 4.79 Å². The molecule has 0 saturated carbocycles. The van der Waals surface area contributed by atoms with Gasteiger partial charge in [0.15, 0.2) is 5.82 Å². The molecule has 1 heterocycles. The SMILES string of the molecule is CC(C)(CC(N)=O)Nc1nc[nH]c(=O)c1N. The van der Waals surface area contributed by atoms with Crippen molar-refractivity contribution in [1.29, 1.82) is 0 Å². The standard InChI is InChI=1S/C9H15N5O2/c1-9(2,3-5(10)15)14-7-6(11)8(16)13-4-12-7/h4H,3,11H2,1-2H3,(H2,10,15)(H2,12,13,14,16). The topological polar surface area (TPSA) is 127 Å². The number of nitrogens with two attached hydrogens (primary N) is 2. The highest BCUT2D eigenvalue weighted by atomic mass is 16.1. The van der Waals surface area contributed by atoms with Gasteiger partial charge in [0.25, 0.3) is 5.56 Å². The van der Waals surface area contributed by atoms with E-state index in [1.165, 1.54) is 6.33 Å². The maximum Gasteiger partial charge on any atom is 0.276 e. The van der Waals surface area contributed by atoms with Crippen LogP contribution in [0.1, 0.15) is 20.3 Å². The highest BCUT2D eigenvalue weighted by Gasteiger charge is 2.22. The smallest absolute Gasteiger partial charge is 0.276 e. The van der Waals surface area contributed by atoms with Gasteiger partial charge in [0.05, 0.1) is 6.33 Å². The van der Waals surface area contributed by atoms with Gasteiger partial charge < -0.3 is 21.8 Å². The molecule has 1 aromatic rings. The Labute approximate surface area is 92.2 Å². The second kappa shape index (κ2) is 4.21. The van der Waals surface area contributed by atoms with Gasteiger partial charge in [0.1, 0.15) is 5.69 Å². The number of anilines is 2. The molecule has 88 valence electrons. The van der Waals surface area contributed by atoms with Crippen molar-refractivity contribution >= 4 is 17.4 Å². The molecule has 1 aromatic heterocycles. The number of hydrogen-bond donors (Lipinski definition) is 4. The Kier molecular flexibility index (Phi) is 3.17. The zero-order valence-electron chi connectivity index (χ0n) is 9.20. The number of rotatable bonds is 4. The lowest BCUT2D eigenvalue weighted by Gasteiger charge is -2.25. The highest BCUT2D eigenvalue weighted by Crippen LogP contribution is 2.18. The monoisotopic (exact) mass is 225 g/mol. The van der Waals surface area contributed by atoms with Crippen LogP contribution in [0.5, 0.6) is 0 Å². The van der Waals surface area contributed by atoms with Crippen LogP contribution in [0, 0.1) is 0 Å². The van der Waals surface area contributed by atoms with Crippen molar-refractivity contribution in [3.63, 3.8) is 0 Å². The molecule has 0 bridgehead atoms. The van der Waals surface area contributed by atoms with Crippen molar-refractivity contribution in [3.8, 4) is 0 Å². The Bertz CT molecular complexity index is 451. The van der Waals surface area contributed by atoms with Gasteiger partial charge in [-0.1, -0.05) is 0 Å². The van der Waals surface area contributed by atoms with E-state index in [0.29, 0.717) is 0 Å². The Morgan fingerprint density at radius 2 is 2.25 bits per heavy atom. The average Bonchev–Trinajstić information content (AvgIpc) is 2.10. The third-order valence-electron chi connectivity index (χ3n) is 1.96. The summed E-state index contributed by atoms with van der Waals surface area (Å²) >= 11 is 0. The predicted molar refractivity (Wildman–Crippen MR) is 60.8 cm³/mol. The van der Waals surface area contributed by atoms with Crippen molar-refractivity contribution in [2.75, 3.05) is 11.1 Å². The van der Waals surface area contributed by atoms with E-state index in [2.05, 4.69) is 15.3 Å². The molecule has 1 rings (SSSR count). The summed E-state index contributed by atoms with van der Waals surface area (Å²) in [5, 5.41) is 2.90. The van der Waals surface area contributed by atoms with Gasteiger partial charge in [-0.25, -0.2) is 4.98 Å². The Hall–Kier alpha value is -2.05. The third kappa shape index (κ3) is 2.97. The fourth-order valence-corrected chi connectivity index (χ4v) is 1.31. The maximum atomic E-state index is 11.2. The molecule has 0 unspecified atom stereocenters. The zero-order valence-corrected chi connectivity index (χ0v) is 9.20. The van der Waals surface area contributed by atoms with Gasteiger partial charge in [0.2, 0.25) is 5.91 Å². The summed E-state index contributed by atoms with van der Waals surface area (Å²) in [6.45, 7) is 3.53. The number of nitrogens with zero attached hydrogens (tertiary/aromatic N) is 1. The number of aromatic nitrogens is 2. The molecule has 0 saturated heterocycles. The van der Waals surface area contributed by atoms with E-state index in [9.17, 15) is 9.59 Å². The Morgan fingerprint density at radius 3 is 2.81 bits per heavy atom. The largest absolute Gasteiger partial charge is 0.391 e. The van der Waals surface area contributed by atoms with E-state index < -0.39 is 17.0 Å². The molecule has 0 aromatic carbocycles. The van der Waals surface area contributed by atoms with Crippen molar-refractivity contribution in [1.82, 2.24) is 9.97 Å². The lowest BCUT2D eigenvalue weighted by Crippen LogP contribution is -2.37. The van der Waals surface area contributed by atoms with Crippen LogP contribution in [0.15, 0.2) is 11.1 Å². The number of carbonyl (C=O) groups excluding carboxylic acids is 1. The van der Waals surface area contributed by atoms with E-state index in [1.807, 2.05) is 0 Å². The highest BCUT2D eigenvalue weighted by molar-refractivity contribution is 5.76. The maximum absolute atomic E-state index is 11.2. The first-order valence-electron chi connectivity index (χ1n) is 4.71. The van der Waals surface area contributed by atoms with Crippen LogP contribution in [-0.4, -0.2) is 21.4 Å². The van der Waals surface area contributed by atoms with Crippen LogP contribution in [-0.2, 0) is 4.79 Å². The predicted octanol–water partition coefficient (Wildman–Crippen LogP) is -0.582. The lowest BCUT2D eigenvalue weighted by molar-refractivity contribution is -0.118. The summed E-state index contributed by atoms with van der Waals surface area (Å²) < 4.78 is 0. The number of hydrogen-bond acceptors (Lipinski definition) is 5. The molecule has 0 fully saturated rings. The van der Waals surface area contributed by atoms with Crippen LogP contribution in [0.2, 0.25) is 0 Å². The van der Waals surface area contributed by atoms with Gasteiger partial charge >= 0.3 is 0 Å². The van der Waals surface area contributed by atoms with Crippen molar-refractivity contribution in [3.05, 3.63) is 16.7 Å². The van der Waals surface area contributed by atoms with Gasteiger partial charge in [-0.05, 0) is 13.8 Å². The molecular weight excluding hydrogens is 210 g/mol. The minimum Gasteiger partial charge on any atom is -0.391 e. The number of nitrogens with one attached hydrogen (secondary N) is 2. The average molecular weight is 225 g/mol. The van der Waals surface area contributed by atoms with Crippen LogP contribution >= 0.6 is 0 Å². The van der Waals surface area contributed by atoms with E-state index in [4.69, 9.17) is 11.5 Å². The van der Waals surface area contributed by atoms with E-state index >= 15 is 0 Å². The minimum atomic E-state index is -0.610. The number of primary amides is 1. The molecule has 6 N–H and O–H groups in total. The van der Waals surface area contributed by atoms with Gasteiger partial charge in [-0.15, -0.1) is 0 Å². The van der Waals surface area contributed by atoms with Crippen molar-refractivity contribution in [2.45, 2.75) is 25.8 Å². The first-order chi connectivity index (χ1) is 7.32. The fourth-order valence-electron chi connectivity index (χ4n) is 1.31. The second-order valence-electron chi connectivity index (χ2n) is 4.15.